The maximum Gasteiger partial charge on any atom is 0.253 e. The second-order valence-electron chi connectivity index (χ2n) is 6.87. The Morgan fingerprint density at radius 3 is 2.46 bits per heavy atom. The molecule has 2 fully saturated rings. The van der Waals surface area contributed by atoms with Gasteiger partial charge in [0.2, 0.25) is 5.91 Å². The molecule has 1 aromatic rings. The van der Waals surface area contributed by atoms with Gasteiger partial charge >= 0.3 is 0 Å². The summed E-state index contributed by atoms with van der Waals surface area (Å²) in [7, 11) is 1.96. The van der Waals surface area contributed by atoms with Crippen molar-refractivity contribution >= 4 is 11.8 Å². The molecular formula is C19H27N3O2. The summed E-state index contributed by atoms with van der Waals surface area (Å²) in [6.45, 7) is 2.93. The van der Waals surface area contributed by atoms with E-state index in [4.69, 9.17) is 0 Å². The summed E-state index contributed by atoms with van der Waals surface area (Å²) in [4.78, 5) is 29.4. The lowest BCUT2D eigenvalue weighted by Crippen LogP contribution is -2.52. The molecule has 2 aliphatic heterocycles. The Morgan fingerprint density at radius 2 is 1.71 bits per heavy atom. The van der Waals surface area contributed by atoms with E-state index < -0.39 is 0 Å². The molecule has 0 bridgehead atoms. The van der Waals surface area contributed by atoms with Crippen LogP contribution >= 0.6 is 0 Å². The molecule has 2 unspecified atom stereocenters. The van der Waals surface area contributed by atoms with Gasteiger partial charge in [-0.25, -0.2) is 0 Å². The first-order valence-electron chi connectivity index (χ1n) is 8.99. The summed E-state index contributed by atoms with van der Waals surface area (Å²) in [5.41, 5.74) is 0.707. The average molecular weight is 329 g/mol. The first kappa shape index (κ1) is 17.0. The number of benzene rings is 1. The largest absolute Gasteiger partial charge is 0.341 e. The number of rotatable bonds is 3. The fourth-order valence-corrected chi connectivity index (χ4v) is 3.80. The van der Waals surface area contributed by atoms with Crippen molar-refractivity contribution in [2.24, 2.45) is 5.92 Å². The van der Waals surface area contributed by atoms with Crippen molar-refractivity contribution in [2.45, 2.75) is 31.7 Å². The SMILES string of the molecule is CNC1CCCN(C(=O)C2CCCN(C(=O)c3ccccc3)C2)C1. The minimum atomic E-state index is -0.0537. The first-order valence-corrected chi connectivity index (χ1v) is 8.99. The molecule has 0 saturated carbocycles. The van der Waals surface area contributed by atoms with E-state index in [1.165, 1.54) is 0 Å². The molecule has 2 amide bonds. The van der Waals surface area contributed by atoms with Gasteiger partial charge in [-0.05, 0) is 44.9 Å². The number of hydrogen-bond acceptors (Lipinski definition) is 3. The van der Waals surface area contributed by atoms with E-state index >= 15 is 0 Å². The molecule has 1 aromatic carbocycles. The van der Waals surface area contributed by atoms with E-state index in [0.29, 0.717) is 18.2 Å². The number of likely N-dealkylation sites (N-methyl/N-ethyl adjacent to an activating group) is 1. The van der Waals surface area contributed by atoms with Crippen LogP contribution in [0.3, 0.4) is 0 Å². The zero-order chi connectivity index (χ0) is 16.9. The molecule has 0 aromatic heterocycles. The normalized spacial score (nSPS) is 24.7. The van der Waals surface area contributed by atoms with Crippen LogP contribution < -0.4 is 5.32 Å². The van der Waals surface area contributed by atoms with Gasteiger partial charge in [0.25, 0.3) is 5.91 Å². The molecule has 24 heavy (non-hydrogen) atoms. The Labute approximate surface area is 144 Å². The topological polar surface area (TPSA) is 52.7 Å². The summed E-state index contributed by atoms with van der Waals surface area (Å²) in [5.74, 6) is 0.211. The zero-order valence-electron chi connectivity index (χ0n) is 14.4. The number of likely N-dealkylation sites (tertiary alicyclic amines) is 2. The molecule has 2 saturated heterocycles. The number of nitrogens with zero attached hydrogens (tertiary/aromatic N) is 2. The summed E-state index contributed by atoms with van der Waals surface area (Å²) >= 11 is 0. The van der Waals surface area contributed by atoms with Gasteiger partial charge in [0, 0.05) is 37.8 Å². The molecule has 5 heteroatoms. The standard InChI is InChI=1S/C19H27N3O2/c1-20-17-10-6-12-22(14-17)19(24)16-9-5-11-21(13-16)18(23)15-7-3-2-4-8-15/h2-4,7-8,16-17,20H,5-6,9-14H2,1H3. The Bertz CT molecular complexity index is 575. The highest BCUT2D eigenvalue weighted by Crippen LogP contribution is 2.22. The van der Waals surface area contributed by atoms with Crippen LogP contribution in [0.4, 0.5) is 0 Å². The number of hydrogen-bond donors (Lipinski definition) is 1. The fourth-order valence-electron chi connectivity index (χ4n) is 3.80. The molecule has 5 nitrogen and oxygen atoms in total. The zero-order valence-corrected chi connectivity index (χ0v) is 14.4. The first-order chi connectivity index (χ1) is 11.7. The molecule has 1 N–H and O–H groups in total. The number of piperidine rings is 2. The van der Waals surface area contributed by atoms with Gasteiger partial charge in [-0.2, -0.15) is 0 Å². The van der Waals surface area contributed by atoms with Gasteiger partial charge < -0.3 is 15.1 Å². The quantitative estimate of drug-likeness (QED) is 0.919. The highest BCUT2D eigenvalue weighted by molar-refractivity contribution is 5.94. The molecule has 2 aliphatic rings. The van der Waals surface area contributed by atoms with E-state index in [0.717, 1.165) is 45.3 Å². The van der Waals surface area contributed by atoms with Gasteiger partial charge in [-0.3, -0.25) is 9.59 Å². The van der Waals surface area contributed by atoms with Crippen LogP contribution in [0.25, 0.3) is 0 Å². The van der Waals surface area contributed by atoms with E-state index in [9.17, 15) is 9.59 Å². The van der Waals surface area contributed by atoms with E-state index in [2.05, 4.69) is 5.32 Å². The molecule has 3 rings (SSSR count). The molecule has 130 valence electrons. The van der Waals surface area contributed by atoms with Gasteiger partial charge in [-0.15, -0.1) is 0 Å². The second kappa shape index (κ2) is 7.79. The van der Waals surface area contributed by atoms with Gasteiger partial charge in [0.1, 0.15) is 0 Å². The predicted molar refractivity (Wildman–Crippen MR) is 93.7 cm³/mol. The smallest absolute Gasteiger partial charge is 0.253 e. The Balaban J connectivity index is 1.62. The third kappa shape index (κ3) is 3.78. The van der Waals surface area contributed by atoms with E-state index in [-0.39, 0.29) is 17.7 Å². The van der Waals surface area contributed by atoms with Crippen molar-refractivity contribution in [3.8, 4) is 0 Å². The molecular weight excluding hydrogens is 302 g/mol. The van der Waals surface area contributed by atoms with Crippen LogP contribution in [-0.4, -0.2) is 60.9 Å². The molecule has 0 radical (unpaired) electrons. The number of carbonyl (C=O) groups is 2. The Kier molecular flexibility index (Phi) is 5.51. The molecule has 0 spiro atoms. The highest BCUT2D eigenvalue weighted by Gasteiger charge is 2.33. The average Bonchev–Trinajstić information content (AvgIpc) is 2.67. The van der Waals surface area contributed by atoms with E-state index in [1.807, 2.05) is 47.2 Å². The van der Waals surface area contributed by atoms with Crippen LogP contribution in [0.5, 0.6) is 0 Å². The minimum Gasteiger partial charge on any atom is -0.341 e. The van der Waals surface area contributed by atoms with Crippen LogP contribution in [0, 0.1) is 5.92 Å². The summed E-state index contributed by atoms with van der Waals surface area (Å²) in [5, 5.41) is 3.28. The van der Waals surface area contributed by atoms with Gasteiger partial charge in [0.15, 0.2) is 0 Å². The lowest BCUT2D eigenvalue weighted by Gasteiger charge is -2.38. The van der Waals surface area contributed by atoms with Crippen molar-refractivity contribution in [1.82, 2.24) is 15.1 Å². The number of amides is 2. The monoisotopic (exact) mass is 329 g/mol. The van der Waals surface area contributed by atoms with Crippen LogP contribution in [0.15, 0.2) is 30.3 Å². The summed E-state index contributed by atoms with van der Waals surface area (Å²) < 4.78 is 0. The molecule has 2 atom stereocenters. The molecule has 0 aliphatic carbocycles. The van der Waals surface area contributed by atoms with Crippen molar-refractivity contribution < 1.29 is 9.59 Å². The number of carbonyl (C=O) groups excluding carboxylic acids is 2. The lowest BCUT2D eigenvalue weighted by atomic mass is 9.94. The maximum atomic E-state index is 12.9. The van der Waals surface area contributed by atoms with E-state index in [1.54, 1.807) is 0 Å². The lowest BCUT2D eigenvalue weighted by molar-refractivity contribution is -0.138. The van der Waals surface area contributed by atoms with Crippen molar-refractivity contribution in [1.29, 1.82) is 0 Å². The Morgan fingerprint density at radius 1 is 1.00 bits per heavy atom. The maximum absolute atomic E-state index is 12.9. The van der Waals surface area contributed by atoms with Gasteiger partial charge in [0.05, 0.1) is 5.92 Å². The van der Waals surface area contributed by atoms with Crippen molar-refractivity contribution in [2.75, 3.05) is 33.2 Å². The van der Waals surface area contributed by atoms with Crippen LogP contribution in [0.1, 0.15) is 36.0 Å². The summed E-state index contributed by atoms with van der Waals surface area (Å²) in [6, 6.07) is 9.75. The van der Waals surface area contributed by atoms with Crippen LogP contribution in [0.2, 0.25) is 0 Å². The minimum absolute atomic E-state index is 0.0415. The van der Waals surface area contributed by atoms with Gasteiger partial charge in [-0.1, -0.05) is 18.2 Å². The summed E-state index contributed by atoms with van der Waals surface area (Å²) in [6.07, 6.45) is 3.97. The number of nitrogens with one attached hydrogen (secondary N) is 1. The molecule has 2 heterocycles. The fraction of sp³-hybridized carbons (Fsp3) is 0.579. The third-order valence-electron chi connectivity index (χ3n) is 5.22. The van der Waals surface area contributed by atoms with Crippen molar-refractivity contribution in [3.05, 3.63) is 35.9 Å². The highest BCUT2D eigenvalue weighted by atomic mass is 16.2. The van der Waals surface area contributed by atoms with Crippen LogP contribution in [-0.2, 0) is 4.79 Å². The van der Waals surface area contributed by atoms with Crippen molar-refractivity contribution in [3.63, 3.8) is 0 Å². The Hall–Kier alpha value is -1.88. The third-order valence-corrected chi connectivity index (χ3v) is 5.22. The second-order valence-corrected chi connectivity index (χ2v) is 6.87. The predicted octanol–water partition coefficient (Wildman–Crippen LogP) is 1.75.